The first-order chi connectivity index (χ1) is 13.7. The van der Waals surface area contributed by atoms with Crippen LogP contribution in [0.25, 0.3) is 11.1 Å². The van der Waals surface area contributed by atoms with Crippen molar-refractivity contribution in [2.24, 2.45) is 0 Å². The van der Waals surface area contributed by atoms with E-state index in [0.29, 0.717) is 30.3 Å². The number of thiophene rings is 1. The molecule has 150 valence electrons. The normalized spacial score (nSPS) is 10.7. The lowest BCUT2D eigenvalue weighted by atomic mass is 10.0. The highest BCUT2D eigenvalue weighted by Gasteiger charge is 2.25. The predicted molar refractivity (Wildman–Crippen MR) is 133 cm³/mol. The van der Waals surface area contributed by atoms with E-state index in [-0.39, 0.29) is 10.6 Å². The lowest BCUT2D eigenvalue weighted by Gasteiger charge is -2.13. The fourth-order valence-electron chi connectivity index (χ4n) is 2.66. The van der Waals surface area contributed by atoms with Crippen LogP contribution < -0.4 is 10.1 Å². The van der Waals surface area contributed by atoms with E-state index in [1.807, 2.05) is 24.3 Å². The van der Waals surface area contributed by atoms with Gasteiger partial charge in [0.25, 0.3) is 5.91 Å². The van der Waals surface area contributed by atoms with E-state index in [4.69, 9.17) is 4.74 Å². The molecule has 0 bridgehead atoms. The molecule has 3 rings (SSSR count). The van der Waals surface area contributed by atoms with E-state index in [9.17, 15) is 14.7 Å². The number of ether oxygens (including phenoxy) is 1. The molecule has 0 spiro atoms. The largest absolute Gasteiger partial charge is 0.494 e. The molecule has 29 heavy (non-hydrogen) atoms. The summed E-state index contributed by atoms with van der Waals surface area (Å²) in [6.07, 6.45) is 0. The molecule has 0 aliphatic rings. The number of benzene rings is 2. The van der Waals surface area contributed by atoms with Gasteiger partial charge in [-0.2, -0.15) is 0 Å². The molecule has 10 heteroatoms. The van der Waals surface area contributed by atoms with Gasteiger partial charge in [0.15, 0.2) is 0 Å². The Bertz CT molecular complexity index is 1130. The van der Waals surface area contributed by atoms with Crippen LogP contribution >= 0.6 is 81.7 Å². The Morgan fingerprint density at radius 2 is 1.86 bits per heavy atom. The zero-order valence-corrected chi connectivity index (χ0v) is 22.3. The minimum Gasteiger partial charge on any atom is -0.494 e. The monoisotopic (exact) mass is 713 g/mol. The van der Waals surface area contributed by atoms with E-state index < -0.39 is 11.9 Å². The van der Waals surface area contributed by atoms with Gasteiger partial charge in [0.05, 0.1) is 21.6 Å². The highest BCUT2D eigenvalue weighted by atomic mass is 127. The first kappa shape index (κ1) is 22.7. The van der Waals surface area contributed by atoms with Crippen LogP contribution in [0.1, 0.15) is 20.7 Å². The molecule has 1 heterocycles. The number of rotatable bonds is 5. The average molecular weight is 716 g/mol. The number of carboxylic acids is 1. The van der Waals surface area contributed by atoms with Gasteiger partial charge in [-0.3, -0.25) is 4.79 Å². The van der Waals surface area contributed by atoms with Crippen LogP contribution in [0.15, 0.2) is 49.1 Å². The lowest BCUT2D eigenvalue weighted by molar-refractivity contribution is 0.0699. The number of carbonyl (C=O) groups excluding carboxylic acids is 1. The number of amides is 1. The molecule has 0 aliphatic heterocycles. The predicted octanol–water partition coefficient (Wildman–Crippen LogP) is 7.27. The van der Waals surface area contributed by atoms with Crippen LogP contribution in [0, 0.1) is 3.57 Å². The zero-order valence-electron chi connectivity index (χ0n) is 14.6. The van der Waals surface area contributed by atoms with Crippen LogP contribution in [0.2, 0.25) is 0 Å². The molecule has 0 saturated carbocycles. The maximum Gasteiger partial charge on any atom is 0.339 e. The van der Waals surface area contributed by atoms with Crippen molar-refractivity contribution in [2.45, 2.75) is 0 Å². The molecule has 5 nitrogen and oxygen atoms in total. The number of methoxy groups -OCH3 is 1. The number of hydrogen-bond donors (Lipinski definition) is 2. The molecule has 0 fully saturated rings. The molecule has 0 saturated heterocycles. The average Bonchev–Trinajstić information content (AvgIpc) is 3.05. The third kappa shape index (κ3) is 4.71. The second-order valence-electron chi connectivity index (χ2n) is 5.69. The van der Waals surface area contributed by atoms with Crippen LogP contribution in [-0.4, -0.2) is 24.1 Å². The third-order valence-corrected chi connectivity index (χ3v) is 7.46. The SMILES string of the molecule is COc1c(Br)cc(Br)c(C(=O)Nc2scc(-c3cccc(I)c3)c2C(=O)O)c1Br. The fraction of sp³-hybridized carbons (Fsp3) is 0.0526. The Labute approximate surface area is 209 Å². The Morgan fingerprint density at radius 3 is 2.48 bits per heavy atom. The number of aromatic carboxylic acids is 1. The molecular weight excluding hydrogens is 705 g/mol. The lowest BCUT2D eigenvalue weighted by Crippen LogP contribution is -2.15. The van der Waals surface area contributed by atoms with Crippen LogP contribution in [0.3, 0.4) is 0 Å². The van der Waals surface area contributed by atoms with E-state index in [2.05, 4.69) is 75.7 Å². The molecule has 0 aliphatic carbocycles. The summed E-state index contributed by atoms with van der Waals surface area (Å²) in [5.41, 5.74) is 1.69. The summed E-state index contributed by atoms with van der Waals surface area (Å²) >= 11 is 13.5. The maximum absolute atomic E-state index is 13.0. The van der Waals surface area contributed by atoms with Crippen molar-refractivity contribution in [3.63, 3.8) is 0 Å². The maximum atomic E-state index is 13.0. The number of halogens is 4. The van der Waals surface area contributed by atoms with Crippen LogP contribution in [0.4, 0.5) is 5.00 Å². The standard InChI is InChI=1S/C19H11Br3INO4S/c1-28-16-12(21)6-11(20)14(15(16)22)17(25)24-18-13(19(26)27)10(7-29-18)8-3-2-4-9(23)5-8/h2-7H,1H3,(H,24,25)(H,26,27). The highest BCUT2D eigenvalue weighted by molar-refractivity contribution is 14.1. The molecule has 0 atom stereocenters. The number of hydrogen-bond acceptors (Lipinski definition) is 4. The summed E-state index contributed by atoms with van der Waals surface area (Å²) in [6.45, 7) is 0. The van der Waals surface area contributed by atoms with Gasteiger partial charge in [0.1, 0.15) is 16.3 Å². The summed E-state index contributed by atoms with van der Waals surface area (Å²) in [4.78, 5) is 24.9. The van der Waals surface area contributed by atoms with Gasteiger partial charge in [-0.1, -0.05) is 12.1 Å². The van der Waals surface area contributed by atoms with Gasteiger partial charge in [0.2, 0.25) is 0 Å². The minimum atomic E-state index is -1.11. The Hall–Kier alpha value is -0.950. The van der Waals surface area contributed by atoms with E-state index in [1.165, 1.54) is 18.4 Å². The zero-order chi connectivity index (χ0) is 21.3. The van der Waals surface area contributed by atoms with Crippen molar-refractivity contribution in [1.29, 1.82) is 0 Å². The minimum absolute atomic E-state index is 0.0571. The van der Waals surface area contributed by atoms with E-state index >= 15 is 0 Å². The third-order valence-electron chi connectivity index (χ3n) is 3.93. The van der Waals surface area contributed by atoms with Crippen molar-refractivity contribution in [3.05, 3.63) is 63.8 Å². The fourth-order valence-corrected chi connectivity index (χ4v) is 6.97. The highest BCUT2D eigenvalue weighted by Crippen LogP contribution is 2.41. The summed E-state index contributed by atoms with van der Waals surface area (Å²) < 4.78 is 7.95. The molecule has 2 N–H and O–H groups in total. The van der Waals surface area contributed by atoms with Crippen molar-refractivity contribution in [2.75, 3.05) is 12.4 Å². The van der Waals surface area contributed by atoms with Crippen LogP contribution in [0.5, 0.6) is 5.75 Å². The molecule has 2 aromatic carbocycles. The summed E-state index contributed by atoms with van der Waals surface area (Å²) in [6, 6.07) is 9.22. The van der Waals surface area contributed by atoms with Crippen molar-refractivity contribution in [1.82, 2.24) is 0 Å². The van der Waals surface area contributed by atoms with Gasteiger partial charge in [-0.15, -0.1) is 11.3 Å². The molecular formula is C19H11Br3INO4S. The van der Waals surface area contributed by atoms with Crippen LogP contribution in [-0.2, 0) is 0 Å². The van der Waals surface area contributed by atoms with E-state index in [1.54, 1.807) is 11.4 Å². The number of carboxylic acid groups (broad SMARTS) is 1. The van der Waals surface area contributed by atoms with Gasteiger partial charge >= 0.3 is 5.97 Å². The Balaban J connectivity index is 2.04. The second kappa shape index (κ2) is 9.46. The smallest absolute Gasteiger partial charge is 0.339 e. The summed E-state index contributed by atoms with van der Waals surface area (Å²) in [5.74, 6) is -1.11. The van der Waals surface area contributed by atoms with Crippen molar-refractivity contribution in [3.8, 4) is 16.9 Å². The first-order valence-electron chi connectivity index (χ1n) is 7.88. The molecule has 3 aromatic rings. The van der Waals surface area contributed by atoms with Crippen molar-refractivity contribution >= 4 is 98.6 Å². The number of nitrogens with one attached hydrogen (secondary N) is 1. The van der Waals surface area contributed by atoms with E-state index in [0.717, 1.165) is 9.13 Å². The van der Waals surface area contributed by atoms with Crippen molar-refractivity contribution < 1.29 is 19.4 Å². The number of anilines is 1. The topological polar surface area (TPSA) is 75.6 Å². The second-order valence-corrected chi connectivity index (χ2v) is 10.3. The molecule has 0 unspecified atom stereocenters. The summed E-state index contributed by atoms with van der Waals surface area (Å²) in [5, 5.41) is 14.5. The molecule has 1 amide bonds. The Kier molecular flexibility index (Phi) is 7.41. The number of carbonyl (C=O) groups is 2. The van der Waals surface area contributed by atoms with Gasteiger partial charge in [-0.25, -0.2) is 4.79 Å². The molecule has 0 radical (unpaired) electrons. The summed E-state index contributed by atoms with van der Waals surface area (Å²) in [7, 11) is 1.50. The quantitative estimate of drug-likeness (QED) is 0.273. The Morgan fingerprint density at radius 1 is 1.14 bits per heavy atom. The van der Waals surface area contributed by atoms with Gasteiger partial charge in [-0.05, 0) is 94.1 Å². The molecule has 1 aromatic heterocycles. The van der Waals surface area contributed by atoms with Gasteiger partial charge in [0, 0.05) is 19.0 Å². The first-order valence-corrected chi connectivity index (χ1v) is 12.2. The van der Waals surface area contributed by atoms with Gasteiger partial charge < -0.3 is 15.2 Å².